The van der Waals surface area contributed by atoms with E-state index in [0.29, 0.717) is 6.04 Å². The second kappa shape index (κ2) is 11.8. The van der Waals surface area contributed by atoms with E-state index in [1.807, 2.05) is 0 Å². The van der Waals surface area contributed by atoms with Crippen molar-refractivity contribution < 1.29 is 0 Å². The zero-order valence-corrected chi connectivity index (χ0v) is 20.2. The van der Waals surface area contributed by atoms with Crippen LogP contribution in [0.1, 0.15) is 61.4 Å². The van der Waals surface area contributed by atoms with Crippen LogP contribution in [-0.2, 0) is 6.42 Å². The number of hydrazone groups is 1. The summed E-state index contributed by atoms with van der Waals surface area (Å²) in [5.41, 5.74) is 6.47. The quantitative estimate of drug-likeness (QED) is 0.278. The van der Waals surface area contributed by atoms with Gasteiger partial charge in [-0.15, -0.1) is 0 Å². The molecule has 0 unspecified atom stereocenters. The summed E-state index contributed by atoms with van der Waals surface area (Å²) in [4.78, 5) is 2.59. The van der Waals surface area contributed by atoms with Gasteiger partial charge < -0.3 is 0 Å². The first-order valence-electron chi connectivity index (χ1n) is 12.5. The molecule has 0 saturated carbocycles. The predicted octanol–water partition coefficient (Wildman–Crippen LogP) is 6.55. The Bertz CT molecular complexity index is 948. The molecule has 0 N–H and O–H groups in total. The molecule has 3 aromatic carbocycles. The predicted molar refractivity (Wildman–Crippen MR) is 140 cm³/mol. The van der Waals surface area contributed by atoms with Crippen LogP contribution in [0, 0.1) is 0 Å². The molecule has 1 saturated heterocycles. The monoisotopic (exact) mass is 439 g/mol. The van der Waals surface area contributed by atoms with Crippen LogP contribution in [0.4, 0.5) is 0 Å². The number of hydrogen-bond donors (Lipinski definition) is 0. The number of unbranched alkanes of at least 4 members (excludes halogenated alkanes) is 2. The summed E-state index contributed by atoms with van der Waals surface area (Å²) in [6.45, 7) is 8.29. The summed E-state index contributed by atoms with van der Waals surface area (Å²) >= 11 is 0. The minimum atomic E-state index is 0.292. The molecule has 0 spiro atoms. The minimum Gasteiger partial charge on any atom is -0.294 e. The molecule has 1 aliphatic rings. The van der Waals surface area contributed by atoms with Crippen LogP contribution in [0.3, 0.4) is 0 Å². The van der Waals surface area contributed by atoms with Crippen LogP contribution in [0.5, 0.6) is 0 Å². The average molecular weight is 440 g/mol. The molecule has 0 bridgehead atoms. The average Bonchev–Trinajstić information content (AvgIpc) is 2.87. The van der Waals surface area contributed by atoms with E-state index in [2.05, 4.69) is 109 Å². The molecule has 172 valence electrons. The first-order chi connectivity index (χ1) is 16.2. The smallest absolute Gasteiger partial charge is 0.0646 e. The van der Waals surface area contributed by atoms with E-state index in [-0.39, 0.29) is 0 Å². The summed E-state index contributed by atoms with van der Waals surface area (Å²) in [5.74, 6) is 0. The van der Waals surface area contributed by atoms with E-state index in [9.17, 15) is 0 Å². The molecule has 1 heterocycles. The van der Waals surface area contributed by atoms with Gasteiger partial charge in [0.1, 0.15) is 0 Å². The molecule has 0 aliphatic carbocycles. The van der Waals surface area contributed by atoms with Crippen molar-refractivity contribution in [2.45, 2.75) is 45.6 Å². The fraction of sp³-hybridized carbons (Fsp3) is 0.367. The Balaban J connectivity index is 1.39. The summed E-state index contributed by atoms with van der Waals surface area (Å²) in [6.07, 6.45) is 5.04. The van der Waals surface area contributed by atoms with Gasteiger partial charge in [0.15, 0.2) is 0 Å². The lowest BCUT2D eigenvalue weighted by Gasteiger charge is -2.39. The van der Waals surface area contributed by atoms with Crippen molar-refractivity contribution in [1.29, 1.82) is 0 Å². The Hall–Kier alpha value is -2.91. The number of piperazine rings is 1. The third-order valence-electron chi connectivity index (χ3n) is 6.62. The maximum Gasteiger partial charge on any atom is 0.0646 e. The second-order valence-corrected chi connectivity index (χ2v) is 9.05. The van der Waals surface area contributed by atoms with Crippen molar-refractivity contribution in [1.82, 2.24) is 9.91 Å². The van der Waals surface area contributed by atoms with Crippen molar-refractivity contribution >= 4 is 5.71 Å². The van der Waals surface area contributed by atoms with Gasteiger partial charge in [0.05, 0.1) is 11.8 Å². The highest BCUT2D eigenvalue weighted by molar-refractivity contribution is 5.98. The van der Waals surface area contributed by atoms with Gasteiger partial charge in [-0.25, -0.2) is 0 Å². The van der Waals surface area contributed by atoms with Crippen molar-refractivity contribution in [2.24, 2.45) is 5.10 Å². The molecule has 3 heteroatoms. The van der Waals surface area contributed by atoms with E-state index in [4.69, 9.17) is 5.10 Å². The van der Waals surface area contributed by atoms with Gasteiger partial charge in [-0.2, -0.15) is 5.10 Å². The molecule has 0 radical (unpaired) electrons. The van der Waals surface area contributed by atoms with Gasteiger partial charge in [-0.1, -0.05) is 105 Å². The van der Waals surface area contributed by atoms with Crippen molar-refractivity contribution in [2.75, 3.05) is 26.2 Å². The number of nitrogens with zero attached hydrogens (tertiary/aromatic N) is 3. The van der Waals surface area contributed by atoms with Gasteiger partial charge in [-0.3, -0.25) is 9.91 Å². The van der Waals surface area contributed by atoms with Crippen LogP contribution in [0.25, 0.3) is 0 Å². The maximum atomic E-state index is 4.97. The van der Waals surface area contributed by atoms with E-state index in [1.54, 1.807) is 0 Å². The lowest BCUT2D eigenvalue weighted by Crippen LogP contribution is -2.46. The van der Waals surface area contributed by atoms with E-state index >= 15 is 0 Å². The van der Waals surface area contributed by atoms with Crippen molar-refractivity contribution in [3.63, 3.8) is 0 Å². The lowest BCUT2D eigenvalue weighted by molar-refractivity contribution is 0.112. The first kappa shape index (κ1) is 23.3. The molecule has 4 rings (SSSR count). The molecular weight excluding hydrogens is 402 g/mol. The van der Waals surface area contributed by atoms with Crippen LogP contribution < -0.4 is 0 Å². The fourth-order valence-corrected chi connectivity index (χ4v) is 4.72. The Kier molecular flexibility index (Phi) is 8.32. The van der Waals surface area contributed by atoms with Crippen molar-refractivity contribution in [3.05, 3.63) is 107 Å². The van der Waals surface area contributed by atoms with Gasteiger partial charge >= 0.3 is 0 Å². The molecule has 1 aliphatic heterocycles. The molecule has 0 amide bonds. The van der Waals surface area contributed by atoms with Crippen LogP contribution in [0.15, 0.2) is 90.0 Å². The van der Waals surface area contributed by atoms with E-state index in [1.165, 1.54) is 47.9 Å². The third kappa shape index (κ3) is 6.33. The molecule has 3 aromatic rings. The molecular formula is C30H37N3. The van der Waals surface area contributed by atoms with Gasteiger partial charge in [0.25, 0.3) is 0 Å². The molecule has 0 aromatic heterocycles. The van der Waals surface area contributed by atoms with Crippen LogP contribution >= 0.6 is 0 Å². The first-order valence-corrected chi connectivity index (χ1v) is 12.5. The van der Waals surface area contributed by atoms with Crippen LogP contribution in [0.2, 0.25) is 0 Å². The van der Waals surface area contributed by atoms with E-state index in [0.717, 1.165) is 31.9 Å². The summed E-state index contributed by atoms with van der Waals surface area (Å²) < 4.78 is 0. The second-order valence-electron chi connectivity index (χ2n) is 9.05. The Morgan fingerprint density at radius 2 is 1.33 bits per heavy atom. The van der Waals surface area contributed by atoms with Gasteiger partial charge in [0, 0.05) is 26.2 Å². The largest absolute Gasteiger partial charge is 0.294 e. The molecule has 33 heavy (non-hydrogen) atoms. The van der Waals surface area contributed by atoms with Crippen LogP contribution in [-0.4, -0.2) is 41.8 Å². The highest BCUT2D eigenvalue weighted by Crippen LogP contribution is 2.29. The fourth-order valence-electron chi connectivity index (χ4n) is 4.72. The normalized spacial score (nSPS) is 15.2. The molecule has 0 atom stereocenters. The standard InChI is InChI=1S/C30H37N3/c1-3-4-7-12-26-17-19-27(20-18-26)25(2)31-33-23-21-32(22-24-33)30(28-13-8-5-9-14-28)29-15-10-6-11-16-29/h5-6,8-11,13-20,30H,3-4,7,12,21-24H2,1-2H3/b31-25-. The Morgan fingerprint density at radius 1 is 0.758 bits per heavy atom. The number of rotatable bonds is 9. The Morgan fingerprint density at radius 3 is 1.88 bits per heavy atom. The SMILES string of the molecule is CCCCCc1ccc(/C(C)=N\N2CCN(C(c3ccccc3)c3ccccc3)CC2)cc1. The number of hydrogen-bond acceptors (Lipinski definition) is 3. The highest BCUT2D eigenvalue weighted by atomic mass is 15.5. The van der Waals surface area contributed by atoms with Crippen molar-refractivity contribution in [3.8, 4) is 0 Å². The third-order valence-corrected chi connectivity index (χ3v) is 6.62. The number of benzene rings is 3. The topological polar surface area (TPSA) is 18.8 Å². The summed E-state index contributed by atoms with van der Waals surface area (Å²) in [6, 6.07) is 31.1. The molecule has 1 fully saturated rings. The zero-order chi connectivity index (χ0) is 22.9. The maximum absolute atomic E-state index is 4.97. The summed E-state index contributed by atoms with van der Waals surface area (Å²) in [5, 5.41) is 7.22. The lowest BCUT2D eigenvalue weighted by atomic mass is 9.96. The van der Waals surface area contributed by atoms with Gasteiger partial charge in [0.2, 0.25) is 0 Å². The van der Waals surface area contributed by atoms with E-state index < -0.39 is 0 Å². The molecule has 3 nitrogen and oxygen atoms in total. The highest BCUT2D eigenvalue weighted by Gasteiger charge is 2.26. The number of aryl methyl sites for hydroxylation is 1. The zero-order valence-electron chi connectivity index (χ0n) is 20.2. The minimum absolute atomic E-state index is 0.292. The Labute approximate surface area is 199 Å². The van der Waals surface area contributed by atoms with Gasteiger partial charge in [-0.05, 0) is 42.0 Å². The summed E-state index contributed by atoms with van der Waals surface area (Å²) in [7, 11) is 0.